The Kier molecular flexibility index (Phi) is 6.02. The number of carbonyl (C=O) groups is 2. The van der Waals surface area contributed by atoms with E-state index in [2.05, 4.69) is 20.7 Å². The van der Waals surface area contributed by atoms with Gasteiger partial charge in [0, 0.05) is 18.9 Å². The highest BCUT2D eigenvalue weighted by atomic mass is 16.7. The Morgan fingerprint density at radius 2 is 1.91 bits per heavy atom. The predicted molar refractivity (Wildman–Crippen MR) is 130 cm³/mol. The first-order valence-electron chi connectivity index (χ1n) is 11.1. The Labute approximate surface area is 201 Å². The average molecular weight is 473 g/mol. The molecule has 4 aromatic rings. The maximum Gasteiger partial charge on any atom is 0.346 e. The van der Waals surface area contributed by atoms with Gasteiger partial charge in [-0.2, -0.15) is 10.2 Å². The molecule has 10 heteroatoms. The SMILES string of the molecule is COc1ccc(-c2ccc3nc(NC(C)=O)cn3n2)cc1NC(=O)N1OCCC1c1ccccc1. The van der Waals surface area contributed by atoms with Gasteiger partial charge in [-0.1, -0.05) is 30.3 Å². The number of carbonyl (C=O) groups excluding carboxylic acids is 2. The lowest BCUT2D eigenvalue weighted by molar-refractivity contribution is -0.114. The predicted octanol–water partition coefficient (Wildman–Crippen LogP) is 4.27. The van der Waals surface area contributed by atoms with E-state index in [1.807, 2.05) is 42.5 Å². The summed E-state index contributed by atoms with van der Waals surface area (Å²) in [4.78, 5) is 34.4. The highest BCUT2D eigenvalue weighted by Gasteiger charge is 2.32. The van der Waals surface area contributed by atoms with E-state index >= 15 is 0 Å². The number of nitrogens with one attached hydrogen (secondary N) is 2. The summed E-state index contributed by atoms with van der Waals surface area (Å²) in [5, 5.41) is 11.5. The minimum absolute atomic E-state index is 0.173. The number of methoxy groups -OCH3 is 1. The van der Waals surface area contributed by atoms with Crippen LogP contribution in [0.4, 0.5) is 16.3 Å². The van der Waals surface area contributed by atoms with Gasteiger partial charge in [-0.15, -0.1) is 0 Å². The van der Waals surface area contributed by atoms with E-state index in [0.717, 1.165) is 11.1 Å². The molecule has 1 atom stereocenters. The number of urea groups is 1. The number of anilines is 2. The molecule has 3 amide bonds. The lowest BCUT2D eigenvalue weighted by atomic mass is 10.1. The van der Waals surface area contributed by atoms with Gasteiger partial charge in [0.15, 0.2) is 11.5 Å². The van der Waals surface area contributed by atoms with E-state index in [0.29, 0.717) is 41.6 Å². The summed E-state index contributed by atoms with van der Waals surface area (Å²) in [6.45, 7) is 1.88. The third-order valence-electron chi connectivity index (χ3n) is 5.65. The number of hydrogen-bond donors (Lipinski definition) is 2. The van der Waals surface area contributed by atoms with Crippen molar-refractivity contribution in [1.29, 1.82) is 0 Å². The first-order valence-corrected chi connectivity index (χ1v) is 11.1. The molecular formula is C25H24N6O4. The van der Waals surface area contributed by atoms with Crippen molar-refractivity contribution in [2.45, 2.75) is 19.4 Å². The minimum Gasteiger partial charge on any atom is -0.495 e. The van der Waals surface area contributed by atoms with Crippen LogP contribution in [0.3, 0.4) is 0 Å². The molecule has 0 radical (unpaired) electrons. The highest BCUT2D eigenvalue weighted by Crippen LogP contribution is 2.34. The highest BCUT2D eigenvalue weighted by molar-refractivity contribution is 5.92. The van der Waals surface area contributed by atoms with E-state index in [1.54, 1.807) is 36.0 Å². The number of nitrogens with zero attached hydrogens (tertiary/aromatic N) is 4. The van der Waals surface area contributed by atoms with Crippen molar-refractivity contribution < 1.29 is 19.2 Å². The van der Waals surface area contributed by atoms with Gasteiger partial charge in [0.1, 0.15) is 5.75 Å². The zero-order valence-electron chi connectivity index (χ0n) is 19.3. The molecule has 1 saturated heterocycles. The van der Waals surface area contributed by atoms with Gasteiger partial charge in [0.05, 0.1) is 37.3 Å². The third kappa shape index (κ3) is 4.64. The van der Waals surface area contributed by atoms with Gasteiger partial charge in [-0.05, 0) is 35.9 Å². The van der Waals surface area contributed by atoms with Gasteiger partial charge in [-0.25, -0.2) is 14.3 Å². The van der Waals surface area contributed by atoms with Crippen LogP contribution in [-0.4, -0.2) is 45.3 Å². The summed E-state index contributed by atoms with van der Waals surface area (Å²) in [6, 6.07) is 18.3. The van der Waals surface area contributed by atoms with Crippen molar-refractivity contribution >= 4 is 29.1 Å². The quantitative estimate of drug-likeness (QED) is 0.449. The molecule has 0 aliphatic carbocycles. The topological polar surface area (TPSA) is 110 Å². The summed E-state index contributed by atoms with van der Waals surface area (Å²) in [5.74, 6) is 0.721. The Morgan fingerprint density at radius 3 is 2.69 bits per heavy atom. The fourth-order valence-corrected chi connectivity index (χ4v) is 4.06. The number of ether oxygens (including phenoxy) is 1. The molecule has 0 saturated carbocycles. The second-order valence-corrected chi connectivity index (χ2v) is 8.05. The molecule has 0 bridgehead atoms. The van der Waals surface area contributed by atoms with Crippen molar-refractivity contribution in [3.05, 3.63) is 72.4 Å². The molecule has 1 unspecified atom stereocenters. The number of amides is 3. The van der Waals surface area contributed by atoms with Crippen molar-refractivity contribution in [1.82, 2.24) is 19.7 Å². The molecule has 10 nitrogen and oxygen atoms in total. The number of hydroxylamine groups is 2. The van der Waals surface area contributed by atoms with Crippen LogP contribution in [0.1, 0.15) is 24.9 Å². The van der Waals surface area contributed by atoms with Crippen LogP contribution in [0.2, 0.25) is 0 Å². The van der Waals surface area contributed by atoms with Crippen LogP contribution in [-0.2, 0) is 9.63 Å². The van der Waals surface area contributed by atoms with Crippen LogP contribution in [0.5, 0.6) is 5.75 Å². The number of benzene rings is 2. The third-order valence-corrected chi connectivity index (χ3v) is 5.65. The summed E-state index contributed by atoms with van der Waals surface area (Å²) in [5.41, 5.74) is 3.51. The molecule has 2 N–H and O–H groups in total. The number of fused-ring (bicyclic) bond motifs is 1. The Balaban J connectivity index is 1.41. The van der Waals surface area contributed by atoms with Gasteiger partial charge in [0.2, 0.25) is 5.91 Å². The van der Waals surface area contributed by atoms with E-state index in [4.69, 9.17) is 9.57 Å². The standard InChI is InChI=1S/C25H24N6O4/c1-16(32)26-23-15-30-24(28-23)11-9-19(29-30)18-8-10-22(34-2)20(14-18)27-25(33)31-21(12-13-35-31)17-6-4-3-5-7-17/h3-11,14-15,21H,12-13H2,1-2H3,(H,26,32)(H,27,33). The lowest BCUT2D eigenvalue weighted by Crippen LogP contribution is -2.33. The van der Waals surface area contributed by atoms with E-state index in [1.165, 1.54) is 12.0 Å². The largest absolute Gasteiger partial charge is 0.495 e. The average Bonchev–Trinajstić information content (AvgIpc) is 3.50. The van der Waals surface area contributed by atoms with Gasteiger partial charge < -0.3 is 15.4 Å². The van der Waals surface area contributed by atoms with Crippen LogP contribution in [0.25, 0.3) is 16.9 Å². The van der Waals surface area contributed by atoms with Crippen molar-refractivity contribution in [3.8, 4) is 17.0 Å². The molecular weight excluding hydrogens is 448 g/mol. The zero-order chi connectivity index (χ0) is 24.4. The van der Waals surface area contributed by atoms with Crippen molar-refractivity contribution in [2.75, 3.05) is 24.4 Å². The van der Waals surface area contributed by atoms with Gasteiger partial charge in [-0.3, -0.25) is 9.63 Å². The monoisotopic (exact) mass is 472 g/mol. The number of rotatable bonds is 5. The van der Waals surface area contributed by atoms with E-state index in [-0.39, 0.29) is 18.0 Å². The molecule has 35 heavy (non-hydrogen) atoms. The maximum atomic E-state index is 13.2. The number of aromatic nitrogens is 3. The van der Waals surface area contributed by atoms with Gasteiger partial charge >= 0.3 is 6.03 Å². The fraction of sp³-hybridized carbons (Fsp3) is 0.200. The smallest absolute Gasteiger partial charge is 0.346 e. The maximum absolute atomic E-state index is 13.2. The van der Waals surface area contributed by atoms with Crippen LogP contribution in [0.15, 0.2) is 66.9 Å². The number of hydrogen-bond acceptors (Lipinski definition) is 6. The van der Waals surface area contributed by atoms with Crippen molar-refractivity contribution in [3.63, 3.8) is 0 Å². The molecule has 2 aromatic heterocycles. The Morgan fingerprint density at radius 1 is 1.09 bits per heavy atom. The molecule has 1 aliphatic rings. The second-order valence-electron chi connectivity index (χ2n) is 8.05. The first-order chi connectivity index (χ1) is 17.0. The Hall–Kier alpha value is -4.44. The summed E-state index contributed by atoms with van der Waals surface area (Å²) in [7, 11) is 1.54. The normalized spacial score (nSPS) is 15.3. The summed E-state index contributed by atoms with van der Waals surface area (Å²) >= 11 is 0. The van der Waals surface area contributed by atoms with Crippen LogP contribution < -0.4 is 15.4 Å². The summed E-state index contributed by atoms with van der Waals surface area (Å²) in [6.07, 6.45) is 2.35. The molecule has 5 rings (SSSR count). The van der Waals surface area contributed by atoms with Crippen LogP contribution in [0, 0.1) is 0 Å². The van der Waals surface area contributed by atoms with E-state index < -0.39 is 0 Å². The Bertz CT molecular complexity index is 1390. The fourth-order valence-electron chi connectivity index (χ4n) is 4.06. The molecule has 0 spiro atoms. The van der Waals surface area contributed by atoms with Crippen molar-refractivity contribution in [2.24, 2.45) is 0 Å². The molecule has 3 heterocycles. The first kappa shape index (κ1) is 22.4. The summed E-state index contributed by atoms with van der Waals surface area (Å²) < 4.78 is 7.06. The minimum atomic E-state index is -0.384. The van der Waals surface area contributed by atoms with Gasteiger partial charge in [0.25, 0.3) is 0 Å². The number of imidazole rings is 1. The molecule has 1 fully saturated rings. The zero-order valence-corrected chi connectivity index (χ0v) is 19.3. The molecule has 178 valence electrons. The van der Waals surface area contributed by atoms with Crippen LogP contribution >= 0.6 is 0 Å². The molecule has 2 aromatic carbocycles. The second kappa shape index (κ2) is 9.43. The van der Waals surface area contributed by atoms with E-state index in [9.17, 15) is 9.59 Å². The molecule has 1 aliphatic heterocycles. The lowest BCUT2D eigenvalue weighted by Gasteiger charge is -2.23.